The van der Waals surface area contributed by atoms with Crippen LogP contribution in [0.2, 0.25) is 5.02 Å². The normalized spacial score (nSPS) is 11.9. The largest absolute Gasteiger partial charge is 0.286 e. The number of hydrogen-bond donors (Lipinski definition) is 0. The third-order valence-electron chi connectivity index (χ3n) is 2.01. The summed E-state index contributed by atoms with van der Waals surface area (Å²) in [4.78, 5) is 0.0918. The van der Waals surface area contributed by atoms with Crippen molar-refractivity contribution in [1.29, 1.82) is 0 Å². The van der Waals surface area contributed by atoms with E-state index in [9.17, 15) is 8.42 Å². The van der Waals surface area contributed by atoms with Crippen molar-refractivity contribution < 1.29 is 8.42 Å². The van der Waals surface area contributed by atoms with Gasteiger partial charge in [-0.1, -0.05) is 11.6 Å². The molecule has 0 aliphatic heterocycles. The quantitative estimate of drug-likeness (QED) is 0.825. The van der Waals surface area contributed by atoms with Crippen LogP contribution in [0.3, 0.4) is 0 Å². The van der Waals surface area contributed by atoms with Crippen LogP contribution in [0.15, 0.2) is 29.7 Å². The minimum absolute atomic E-state index is 0.0918. The van der Waals surface area contributed by atoms with Crippen LogP contribution in [0.5, 0.6) is 0 Å². The van der Waals surface area contributed by atoms with Crippen LogP contribution in [0.4, 0.5) is 0 Å². The predicted molar refractivity (Wildman–Crippen MR) is 57.7 cm³/mol. The number of halogens is 1. The zero-order valence-electron chi connectivity index (χ0n) is 8.41. The topological polar surface area (TPSA) is 69.8 Å². The molecule has 86 valence electrons. The molecule has 0 fully saturated rings. The van der Waals surface area contributed by atoms with E-state index in [0.29, 0.717) is 6.54 Å². The van der Waals surface area contributed by atoms with Gasteiger partial charge < -0.3 is 0 Å². The van der Waals surface area contributed by atoms with Crippen molar-refractivity contribution in [2.75, 3.05) is 0 Å². The maximum Gasteiger partial charge on any atom is 0.286 e. The van der Waals surface area contributed by atoms with Crippen LogP contribution in [0.1, 0.15) is 6.92 Å². The summed E-state index contributed by atoms with van der Waals surface area (Å²) in [5.74, 6) is 0. The highest BCUT2D eigenvalue weighted by molar-refractivity contribution is 7.89. The Morgan fingerprint density at radius 2 is 2.06 bits per heavy atom. The summed E-state index contributed by atoms with van der Waals surface area (Å²) in [5.41, 5.74) is 0. The van der Waals surface area contributed by atoms with Gasteiger partial charge in [0.2, 0.25) is 0 Å². The lowest BCUT2D eigenvalue weighted by Gasteiger charge is -1.99. The van der Waals surface area contributed by atoms with Gasteiger partial charge in [0, 0.05) is 12.7 Å². The Kier molecular flexibility index (Phi) is 2.73. The second kappa shape index (κ2) is 3.91. The molecule has 2 heterocycles. The molecular weight excluding hydrogens is 252 g/mol. The molecule has 0 N–H and O–H groups in total. The number of aryl methyl sites for hydroxylation is 1. The average Bonchev–Trinajstić information content (AvgIpc) is 2.85. The van der Waals surface area contributed by atoms with E-state index >= 15 is 0 Å². The van der Waals surface area contributed by atoms with Gasteiger partial charge in [-0.05, 0) is 6.92 Å². The standard InChI is InChI=1S/C8H9ClN4O2S/c1-2-12-6-8(4-10-12)16(14,15)13-5-7(9)3-11-13/h3-6H,2H2,1H3. The molecule has 0 spiro atoms. The summed E-state index contributed by atoms with van der Waals surface area (Å²) in [6.07, 6.45) is 5.24. The highest BCUT2D eigenvalue weighted by atomic mass is 35.5. The van der Waals surface area contributed by atoms with Gasteiger partial charge in [-0.3, -0.25) is 4.68 Å². The van der Waals surface area contributed by atoms with Crippen LogP contribution in [0.25, 0.3) is 0 Å². The maximum atomic E-state index is 12.0. The van der Waals surface area contributed by atoms with Gasteiger partial charge in [0.1, 0.15) is 4.90 Å². The SMILES string of the molecule is CCn1cc(S(=O)(=O)n2cc(Cl)cn2)cn1. The Morgan fingerprint density at radius 3 is 2.56 bits per heavy atom. The van der Waals surface area contributed by atoms with E-state index < -0.39 is 10.0 Å². The average molecular weight is 261 g/mol. The molecule has 16 heavy (non-hydrogen) atoms. The monoisotopic (exact) mass is 260 g/mol. The molecule has 8 heteroatoms. The van der Waals surface area contributed by atoms with Crippen molar-refractivity contribution in [3.05, 3.63) is 29.8 Å². The smallest absolute Gasteiger partial charge is 0.272 e. The van der Waals surface area contributed by atoms with Crippen LogP contribution in [-0.2, 0) is 16.6 Å². The molecule has 0 amide bonds. The van der Waals surface area contributed by atoms with Gasteiger partial charge in [-0.15, -0.1) is 0 Å². The van der Waals surface area contributed by atoms with Gasteiger partial charge >= 0.3 is 0 Å². The molecule has 6 nitrogen and oxygen atoms in total. The van der Waals surface area contributed by atoms with Gasteiger partial charge in [0.25, 0.3) is 10.0 Å². The van der Waals surface area contributed by atoms with E-state index in [1.165, 1.54) is 29.5 Å². The van der Waals surface area contributed by atoms with Crippen LogP contribution in [0, 0.1) is 0 Å². The first-order valence-corrected chi connectivity index (χ1v) is 6.34. The lowest BCUT2D eigenvalue weighted by molar-refractivity contribution is 0.579. The molecule has 0 atom stereocenters. The molecule has 0 saturated carbocycles. The van der Waals surface area contributed by atoms with E-state index in [2.05, 4.69) is 10.2 Å². The zero-order valence-corrected chi connectivity index (χ0v) is 9.98. The van der Waals surface area contributed by atoms with Crippen LogP contribution in [-0.4, -0.2) is 27.4 Å². The van der Waals surface area contributed by atoms with E-state index in [1.54, 1.807) is 0 Å². The fourth-order valence-corrected chi connectivity index (χ4v) is 2.44. The molecule has 2 rings (SSSR count). The Morgan fingerprint density at radius 1 is 1.31 bits per heavy atom. The minimum atomic E-state index is -3.67. The first kappa shape index (κ1) is 11.2. The Hall–Kier alpha value is -1.34. The fourth-order valence-electron chi connectivity index (χ4n) is 1.17. The van der Waals surface area contributed by atoms with Gasteiger partial charge in [0.15, 0.2) is 0 Å². The lowest BCUT2D eigenvalue weighted by atomic mass is 10.7. The Balaban J connectivity index is 2.46. The third kappa shape index (κ3) is 1.83. The second-order valence-electron chi connectivity index (χ2n) is 3.07. The molecule has 0 bridgehead atoms. The molecule has 0 aromatic carbocycles. The summed E-state index contributed by atoms with van der Waals surface area (Å²) < 4.78 is 26.3. The molecule has 0 aliphatic carbocycles. The number of rotatable bonds is 3. The highest BCUT2D eigenvalue weighted by Gasteiger charge is 2.19. The van der Waals surface area contributed by atoms with E-state index in [1.807, 2.05) is 6.92 Å². The third-order valence-corrected chi connectivity index (χ3v) is 3.70. The van der Waals surface area contributed by atoms with Gasteiger partial charge in [-0.25, -0.2) is 0 Å². The van der Waals surface area contributed by atoms with Crippen LogP contribution < -0.4 is 0 Å². The van der Waals surface area contributed by atoms with Gasteiger partial charge in [-0.2, -0.15) is 22.7 Å². The summed E-state index contributed by atoms with van der Waals surface area (Å²) in [6, 6.07) is 0. The maximum absolute atomic E-state index is 12.0. The first-order valence-electron chi connectivity index (χ1n) is 4.52. The molecule has 0 aliphatic rings. The fraction of sp³-hybridized carbons (Fsp3) is 0.250. The summed E-state index contributed by atoms with van der Waals surface area (Å²) in [5, 5.41) is 7.83. The zero-order chi connectivity index (χ0) is 11.8. The van der Waals surface area contributed by atoms with Crippen molar-refractivity contribution in [3.63, 3.8) is 0 Å². The Bertz CT molecular complexity index is 601. The molecule has 2 aromatic heterocycles. The molecule has 2 aromatic rings. The first-order chi connectivity index (χ1) is 7.54. The highest BCUT2D eigenvalue weighted by Crippen LogP contribution is 2.14. The number of hydrogen-bond acceptors (Lipinski definition) is 4. The van der Waals surface area contributed by atoms with Crippen LogP contribution >= 0.6 is 11.6 Å². The molecule has 0 radical (unpaired) electrons. The van der Waals surface area contributed by atoms with Crippen molar-refractivity contribution in [2.45, 2.75) is 18.4 Å². The summed E-state index contributed by atoms with van der Waals surface area (Å²) in [6.45, 7) is 2.48. The molecular formula is C8H9ClN4O2S. The van der Waals surface area contributed by atoms with E-state index in [-0.39, 0.29) is 9.92 Å². The number of aromatic nitrogens is 4. The van der Waals surface area contributed by atoms with Crippen molar-refractivity contribution >= 4 is 21.6 Å². The van der Waals surface area contributed by atoms with E-state index in [4.69, 9.17) is 11.6 Å². The molecule has 0 saturated heterocycles. The number of nitrogens with zero attached hydrogens (tertiary/aromatic N) is 4. The Labute approximate surface area is 97.5 Å². The van der Waals surface area contributed by atoms with E-state index in [0.717, 1.165) is 4.09 Å². The van der Waals surface area contributed by atoms with Crippen molar-refractivity contribution in [2.24, 2.45) is 0 Å². The predicted octanol–water partition coefficient (Wildman–Crippen LogP) is 0.990. The second-order valence-corrected chi connectivity index (χ2v) is 5.30. The summed E-state index contributed by atoms with van der Waals surface area (Å²) in [7, 11) is -3.67. The minimum Gasteiger partial charge on any atom is -0.272 e. The van der Waals surface area contributed by atoms with Crippen molar-refractivity contribution in [1.82, 2.24) is 19.0 Å². The molecule has 0 unspecified atom stereocenters. The summed E-state index contributed by atoms with van der Waals surface area (Å²) >= 11 is 5.62. The van der Waals surface area contributed by atoms with Gasteiger partial charge in [0.05, 0.1) is 23.6 Å². The van der Waals surface area contributed by atoms with Crippen molar-refractivity contribution in [3.8, 4) is 0 Å². The lowest BCUT2D eigenvalue weighted by Crippen LogP contribution is -2.12.